The van der Waals surface area contributed by atoms with Crippen LogP contribution in [0.15, 0.2) is 30.5 Å². The topological polar surface area (TPSA) is 34.9 Å². The minimum absolute atomic E-state index is 0.0271. The quantitative estimate of drug-likeness (QED) is 0.791. The summed E-state index contributed by atoms with van der Waals surface area (Å²) in [7, 11) is 0. The summed E-state index contributed by atoms with van der Waals surface area (Å²) in [6.07, 6.45) is 1.62. The summed E-state index contributed by atoms with van der Waals surface area (Å²) < 4.78 is 1.74. The third kappa shape index (κ3) is 2.31. The van der Waals surface area contributed by atoms with Gasteiger partial charge >= 0.3 is 0 Å². The molecule has 0 N–H and O–H groups in total. The molecule has 2 rings (SSSR count). The number of halogens is 1. The van der Waals surface area contributed by atoms with Crippen LogP contribution in [0.5, 0.6) is 0 Å². The molecule has 0 aliphatic carbocycles. The number of Topliss-reactive ketones (excluding diaryl/α,β-unsaturated/α-hetero) is 1. The van der Waals surface area contributed by atoms with Crippen LogP contribution in [-0.4, -0.2) is 15.6 Å². The van der Waals surface area contributed by atoms with Crippen molar-refractivity contribution in [2.45, 2.75) is 20.8 Å². The van der Waals surface area contributed by atoms with E-state index in [1.54, 1.807) is 10.9 Å². The van der Waals surface area contributed by atoms with Gasteiger partial charge in [0.2, 0.25) is 0 Å². The van der Waals surface area contributed by atoms with Crippen LogP contribution in [0.1, 0.15) is 29.9 Å². The Morgan fingerprint density at radius 2 is 2.11 bits per heavy atom. The zero-order chi connectivity index (χ0) is 13.3. The highest BCUT2D eigenvalue weighted by molar-refractivity contribution is 6.30. The molecule has 0 bridgehead atoms. The smallest absolute Gasteiger partial charge is 0.168 e. The first-order chi connectivity index (χ1) is 8.50. The molecular weight excluding hydrogens is 248 g/mol. The number of carbonyl (C=O) groups excluding carboxylic acids is 1. The van der Waals surface area contributed by atoms with E-state index < -0.39 is 0 Å². The molecule has 0 saturated heterocycles. The Balaban J connectivity index is 2.46. The van der Waals surface area contributed by atoms with Crippen molar-refractivity contribution in [3.8, 4) is 5.69 Å². The molecule has 0 amide bonds. The predicted molar refractivity (Wildman–Crippen MR) is 72.5 cm³/mol. The molecule has 4 heteroatoms. The molecular formula is C14H15ClN2O. The first-order valence-corrected chi connectivity index (χ1v) is 6.23. The van der Waals surface area contributed by atoms with E-state index in [2.05, 4.69) is 5.10 Å². The van der Waals surface area contributed by atoms with Gasteiger partial charge in [0.15, 0.2) is 5.78 Å². The van der Waals surface area contributed by atoms with Crippen molar-refractivity contribution in [2.75, 3.05) is 0 Å². The lowest BCUT2D eigenvalue weighted by Crippen LogP contribution is -2.09. The third-order valence-corrected chi connectivity index (χ3v) is 3.09. The molecule has 94 valence electrons. The SMILES string of the molecule is Cc1c(C(=O)C(C)C)cnn1-c1cccc(Cl)c1. The Bertz CT molecular complexity index is 587. The van der Waals surface area contributed by atoms with Crippen molar-refractivity contribution in [3.05, 3.63) is 46.7 Å². The maximum absolute atomic E-state index is 12.0. The second-order valence-electron chi connectivity index (χ2n) is 4.55. The first-order valence-electron chi connectivity index (χ1n) is 5.85. The Morgan fingerprint density at radius 3 is 2.72 bits per heavy atom. The Hall–Kier alpha value is -1.61. The summed E-state index contributed by atoms with van der Waals surface area (Å²) in [6, 6.07) is 7.41. The van der Waals surface area contributed by atoms with E-state index >= 15 is 0 Å². The molecule has 0 radical (unpaired) electrons. The van der Waals surface area contributed by atoms with Crippen LogP contribution in [-0.2, 0) is 0 Å². The average Bonchev–Trinajstić information content (AvgIpc) is 2.70. The molecule has 0 unspecified atom stereocenters. The largest absolute Gasteiger partial charge is 0.294 e. The van der Waals surface area contributed by atoms with Gasteiger partial charge in [-0.1, -0.05) is 31.5 Å². The lowest BCUT2D eigenvalue weighted by Gasteiger charge is -2.06. The van der Waals surface area contributed by atoms with Crippen molar-refractivity contribution in [3.63, 3.8) is 0 Å². The summed E-state index contributed by atoms with van der Waals surface area (Å²) in [5, 5.41) is 4.92. The molecule has 3 nitrogen and oxygen atoms in total. The van der Waals surface area contributed by atoms with E-state index in [0.717, 1.165) is 11.4 Å². The van der Waals surface area contributed by atoms with Crippen molar-refractivity contribution in [1.29, 1.82) is 0 Å². The number of benzene rings is 1. The number of hydrogen-bond donors (Lipinski definition) is 0. The maximum atomic E-state index is 12.0. The average molecular weight is 263 g/mol. The van der Waals surface area contributed by atoms with E-state index in [1.165, 1.54) is 0 Å². The first kappa shape index (κ1) is 12.8. The molecule has 0 aliphatic rings. The lowest BCUT2D eigenvalue weighted by atomic mass is 10.0. The fourth-order valence-corrected chi connectivity index (χ4v) is 2.02. The van der Waals surface area contributed by atoms with Crippen LogP contribution >= 0.6 is 11.6 Å². The van der Waals surface area contributed by atoms with Crippen LogP contribution < -0.4 is 0 Å². The lowest BCUT2D eigenvalue weighted by molar-refractivity contribution is 0.0939. The molecule has 0 saturated carbocycles. The summed E-state index contributed by atoms with van der Waals surface area (Å²) in [5.41, 5.74) is 2.38. The van der Waals surface area contributed by atoms with Crippen LogP contribution in [0.25, 0.3) is 5.69 Å². The van der Waals surface area contributed by atoms with Crippen molar-refractivity contribution >= 4 is 17.4 Å². The molecule has 0 aliphatic heterocycles. The molecule has 0 fully saturated rings. The number of nitrogens with zero attached hydrogens (tertiary/aromatic N) is 2. The fraction of sp³-hybridized carbons (Fsp3) is 0.286. The normalized spacial score (nSPS) is 10.9. The van der Waals surface area contributed by atoms with Gasteiger partial charge in [-0.05, 0) is 25.1 Å². The minimum atomic E-state index is -0.0271. The van der Waals surface area contributed by atoms with Crippen molar-refractivity contribution in [2.24, 2.45) is 5.92 Å². The predicted octanol–water partition coefficient (Wildman–Crippen LogP) is 3.67. The molecule has 2 aromatic rings. The highest BCUT2D eigenvalue weighted by Gasteiger charge is 2.17. The van der Waals surface area contributed by atoms with Gasteiger partial charge in [-0.15, -0.1) is 0 Å². The Labute approximate surface area is 111 Å². The zero-order valence-electron chi connectivity index (χ0n) is 10.6. The summed E-state index contributed by atoms with van der Waals surface area (Å²) in [5.74, 6) is 0.0847. The monoisotopic (exact) mass is 262 g/mol. The number of aromatic nitrogens is 2. The molecule has 18 heavy (non-hydrogen) atoms. The van der Waals surface area contributed by atoms with Gasteiger partial charge in [-0.3, -0.25) is 4.79 Å². The van der Waals surface area contributed by atoms with Gasteiger partial charge in [-0.2, -0.15) is 5.10 Å². The van der Waals surface area contributed by atoms with Crippen molar-refractivity contribution < 1.29 is 4.79 Å². The van der Waals surface area contributed by atoms with E-state index in [0.29, 0.717) is 10.6 Å². The van der Waals surface area contributed by atoms with Gasteiger partial charge in [0.05, 0.1) is 23.1 Å². The van der Waals surface area contributed by atoms with Gasteiger partial charge in [0.25, 0.3) is 0 Å². The second-order valence-corrected chi connectivity index (χ2v) is 4.99. The van der Waals surface area contributed by atoms with E-state index in [1.807, 2.05) is 45.0 Å². The van der Waals surface area contributed by atoms with Gasteiger partial charge < -0.3 is 0 Å². The fourth-order valence-electron chi connectivity index (χ4n) is 1.83. The number of carbonyl (C=O) groups is 1. The summed E-state index contributed by atoms with van der Waals surface area (Å²) >= 11 is 5.96. The summed E-state index contributed by atoms with van der Waals surface area (Å²) in [6.45, 7) is 5.67. The second kappa shape index (κ2) is 4.94. The van der Waals surface area contributed by atoms with Gasteiger partial charge in [0, 0.05) is 10.9 Å². The van der Waals surface area contributed by atoms with Crippen LogP contribution in [0, 0.1) is 12.8 Å². The highest BCUT2D eigenvalue weighted by Crippen LogP contribution is 2.19. The Kier molecular flexibility index (Phi) is 3.53. The number of hydrogen-bond acceptors (Lipinski definition) is 2. The number of ketones is 1. The molecule has 1 aromatic heterocycles. The van der Waals surface area contributed by atoms with Crippen molar-refractivity contribution in [1.82, 2.24) is 9.78 Å². The zero-order valence-corrected chi connectivity index (χ0v) is 11.4. The van der Waals surface area contributed by atoms with Crippen LogP contribution in [0.2, 0.25) is 5.02 Å². The highest BCUT2D eigenvalue weighted by atomic mass is 35.5. The molecule has 1 aromatic carbocycles. The van der Waals surface area contributed by atoms with E-state index in [9.17, 15) is 4.79 Å². The maximum Gasteiger partial charge on any atom is 0.168 e. The third-order valence-electron chi connectivity index (χ3n) is 2.85. The standard InChI is InChI=1S/C14H15ClN2O/c1-9(2)14(18)13-8-16-17(10(13)3)12-6-4-5-11(15)7-12/h4-9H,1-3H3. The Morgan fingerprint density at radius 1 is 1.39 bits per heavy atom. The molecule has 0 spiro atoms. The van der Waals surface area contributed by atoms with Crippen LogP contribution in [0.4, 0.5) is 0 Å². The minimum Gasteiger partial charge on any atom is -0.294 e. The summed E-state index contributed by atoms with van der Waals surface area (Å²) in [4.78, 5) is 12.0. The van der Waals surface area contributed by atoms with Gasteiger partial charge in [0.1, 0.15) is 0 Å². The number of rotatable bonds is 3. The molecule has 1 heterocycles. The van der Waals surface area contributed by atoms with Gasteiger partial charge in [-0.25, -0.2) is 4.68 Å². The van der Waals surface area contributed by atoms with E-state index in [4.69, 9.17) is 11.6 Å². The van der Waals surface area contributed by atoms with Crippen LogP contribution in [0.3, 0.4) is 0 Å². The van der Waals surface area contributed by atoms with E-state index in [-0.39, 0.29) is 11.7 Å². The molecule has 0 atom stereocenters.